The molecule has 0 fully saturated rings. The van der Waals surface area contributed by atoms with Gasteiger partial charge in [-0.1, -0.05) is 58.9 Å². The predicted octanol–water partition coefficient (Wildman–Crippen LogP) is 7.88. The molecule has 0 radical (unpaired) electrons. The molecule has 0 spiro atoms. The number of ether oxygens (including phenoxy) is 1. The van der Waals surface area contributed by atoms with Crippen LogP contribution in [-0.4, -0.2) is 7.11 Å². The van der Waals surface area contributed by atoms with Gasteiger partial charge < -0.3 is 18.3 Å². The Morgan fingerprint density at radius 2 is 1.12 bits per heavy atom. The van der Waals surface area contributed by atoms with Crippen LogP contribution in [0.5, 0.6) is 23.0 Å². The normalized spacial score (nSPS) is 11.3. The quantitative estimate of drug-likeness (QED) is 0.309. The van der Waals surface area contributed by atoms with Crippen LogP contribution in [0.4, 0.5) is 0 Å². The monoisotopic (exact) mass is 452 g/mol. The van der Waals surface area contributed by atoms with E-state index in [0.29, 0.717) is 11.5 Å². The molecule has 0 aromatic heterocycles. The summed E-state index contributed by atoms with van der Waals surface area (Å²) >= 11 is 0. The van der Waals surface area contributed by atoms with Crippen LogP contribution in [0.3, 0.4) is 0 Å². The lowest BCUT2D eigenvalue weighted by Crippen LogP contribution is -2.14. The molecule has 0 N–H and O–H groups in total. The van der Waals surface area contributed by atoms with Gasteiger partial charge in [-0.05, 0) is 71.8 Å². The van der Waals surface area contributed by atoms with E-state index in [1.807, 2.05) is 42.5 Å². The molecule has 170 valence electrons. The highest BCUT2D eigenvalue weighted by Gasteiger charge is 2.26. The van der Waals surface area contributed by atoms with Gasteiger partial charge in [-0.15, -0.1) is 0 Å². The Bertz CT molecular complexity index is 942. The van der Waals surface area contributed by atoms with E-state index in [1.54, 1.807) is 7.11 Å². The topological polar surface area (TPSA) is 36.9 Å². The summed E-state index contributed by atoms with van der Waals surface area (Å²) in [5.74, 6) is 2.94. The smallest absolute Gasteiger partial charge is 0.497 e. The van der Waals surface area contributed by atoms with Crippen LogP contribution in [0.15, 0.2) is 66.7 Å². The summed E-state index contributed by atoms with van der Waals surface area (Å²) in [5, 5.41) is 0. The Balaban J connectivity index is 1.90. The second-order valence-electron chi connectivity index (χ2n) is 8.60. The lowest BCUT2D eigenvalue weighted by molar-refractivity contribution is 0.379. The maximum absolute atomic E-state index is 6.36. The van der Waals surface area contributed by atoms with Gasteiger partial charge in [-0.2, -0.15) is 0 Å². The van der Waals surface area contributed by atoms with Crippen molar-refractivity contribution in [3.8, 4) is 23.0 Å². The van der Waals surface area contributed by atoms with Crippen LogP contribution >= 0.6 is 8.60 Å². The molecular weight excluding hydrogens is 419 g/mol. The van der Waals surface area contributed by atoms with Crippen LogP contribution in [0.25, 0.3) is 0 Å². The van der Waals surface area contributed by atoms with Gasteiger partial charge >= 0.3 is 8.60 Å². The van der Waals surface area contributed by atoms with Gasteiger partial charge in [0.25, 0.3) is 0 Å². The average Bonchev–Trinajstić information content (AvgIpc) is 2.79. The summed E-state index contributed by atoms with van der Waals surface area (Å²) < 4.78 is 24.2. The molecule has 0 aliphatic rings. The van der Waals surface area contributed by atoms with Crippen molar-refractivity contribution >= 4 is 8.60 Å². The van der Waals surface area contributed by atoms with Crippen molar-refractivity contribution in [2.24, 2.45) is 0 Å². The number of aryl methyl sites for hydroxylation is 2. The zero-order chi connectivity index (χ0) is 23.1. The maximum atomic E-state index is 6.36. The lowest BCUT2D eigenvalue weighted by atomic mass is 9.86. The van der Waals surface area contributed by atoms with Crippen molar-refractivity contribution in [1.29, 1.82) is 0 Å². The molecule has 4 nitrogen and oxygen atoms in total. The SMILES string of the molecule is CCc1ccc(OP(Oc2ccc(CC)cc2)Oc2ccc(OC)cc2C(C)(C)C)cc1. The third-order valence-electron chi connectivity index (χ3n) is 5.19. The highest BCUT2D eigenvalue weighted by atomic mass is 31.2. The van der Waals surface area contributed by atoms with E-state index in [1.165, 1.54) is 11.1 Å². The average molecular weight is 453 g/mol. The van der Waals surface area contributed by atoms with Crippen LogP contribution in [-0.2, 0) is 18.3 Å². The Hall–Kier alpha value is -2.71. The predicted molar refractivity (Wildman–Crippen MR) is 132 cm³/mol. The Morgan fingerprint density at radius 1 is 0.656 bits per heavy atom. The lowest BCUT2D eigenvalue weighted by Gasteiger charge is -2.25. The van der Waals surface area contributed by atoms with Gasteiger partial charge in [0.1, 0.15) is 23.0 Å². The molecule has 0 bridgehead atoms. The van der Waals surface area contributed by atoms with Crippen LogP contribution in [0.2, 0.25) is 0 Å². The fourth-order valence-corrected chi connectivity index (χ4v) is 4.20. The molecule has 5 heteroatoms. The minimum atomic E-state index is -1.74. The Kier molecular flexibility index (Phi) is 8.04. The molecule has 0 atom stereocenters. The van der Waals surface area contributed by atoms with E-state index in [0.717, 1.165) is 29.9 Å². The molecule has 0 saturated heterocycles. The summed E-state index contributed by atoms with van der Waals surface area (Å²) in [6, 6.07) is 21.9. The number of rotatable bonds is 9. The van der Waals surface area contributed by atoms with E-state index in [2.05, 4.69) is 58.9 Å². The van der Waals surface area contributed by atoms with Crippen molar-refractivity contribution in [2.45, 2.75) is 52.9 Å². The van der Waals surface area contributed by atoms with E-state index in [4.69, 9.17) is 18.3 Å². The first kappa shape index (κ1) is 23.9. The van der Waals surface area contributed by atoms with Crippen LogP contribution < -0.4 is 18.3 Å². The first-order chi connectivity index (χ1) is 15.3. The van der Waals surface area contributed by atoms with E-state index in [-0.39, 0.29) is 5.41 Å². The van der Waals surface area contributed by atoms with E-state index in [9.17, 15) is 0 Å². The van der Waals surface area contributed by atoms with Crippen molar-refractivity contribution in [2.75, 3.05) is 7.11 Å². The van der Waals surface area contributed by atoms with E-state index >= 15 is 0 Å². The van der Waals surface area contributed by atoms with Crippen molar-refractivity contribution < 1.29 is 18.3 Å². The minimum absolute atomic E-state index is 0.142. The number of hydrogen-bond donors (Lipinski definition) is 0. The first-order valence-corrected chi connectivity index (χ1v) is 12.1. The molecule has 32 heavy (non-hydrogen) atoms. The second-order valence-corrected chi connectivity index (χ2v) is 9.60. The third kappa shape index (κ3) is 6.40. The molecule has 0 aliphatic heterocycles. The molecule has 0 saturated carbocycles. The number of benzene rings is 3. The molecular formula is C27H33O4P. The second kappa shape index (κ2) is 10.7. The zero-order valence-electron chi connectivity index (χ0n) is 19.8. The summed E-state index contributed by atoms with van der Waals surface area (Å²) in [6.45, 7) is 10.7. The molecule has 3 rings (SSSR count). The summed E-state index contributed by atoms with van der Waals surface area (Å²) in [6.07, 6.45) is 1.96. The molecule has 3 aromatic carbocycles. The zero-order valence-corrected chi connectivity index (χ0v) is 20.7. The van der Waals surface area contributed by atoms with Gasteiger partial charge in [-0.3, -0.25) is 0 Å². The Morgan fingerprint density at radius 3 is 1.53 bits per heavy atom. The summed E-state index contributed by atoms with van der Waals surface area (Å²) in [7, 11) is -0.0674. The largest absolute Gasteiger partial charge is 0.530 e. The minimum Gasteiger partial charge on any atom is -0.497 e. The summed E-state index contributed by atoms with van der Waals surface area (Å²) in [4.78, 5) is 0. The number of methoxy groups -OCH3 is 1. The third-order valence-corrected chi connectivity index (χ3v) is 6.26. The highest BCUT2D eigenvalue weighted by molar-refractivity contribution is 7.43. The fourth-order valence-electron chi connectivity index (χ4n) is 3.18. The Labute approximate surface area is 193 Å². The number of hydrogen-bond acceptors (Lipinski definition) is 4. The first-order valence-electron chi connectivity index (χ1n) is 11.0. The summed E-state index contributed by atoms with van der Waals surface area (Å²) in [5.41, 5.74) is 3.39. The van der Waals surface area contributed by atoms with E-state index < -0.39 is 8.60 Å². The van der Waals surface area contributed by atoms with Crippen LogP contribution in [0, 0.1) is 0 Å². The van der Waals surface area contributed by atoms with Gasteiger partial charge in [0.2, 0.25) is 0 Å². The van der Waals surface area contributed by atoms with Gasteiger partial charge in [-0.25, -0.2) is 0 Å². The molecule has 0 amide bonds. The van der Waals surface area contributed by atoms with Crippen LogP contribution in [0.1, 0.15) is 51.3 Å². The van der Waals surface area contributed by atoms with Crippen molar-refractivity contribution in [1.82, 2.24) is 0 Å². The van der Waals surface area contributed by atoms with Crippen molar-refractivity contribution in [3.05, 3.63) is 83.4 Å². The molecule has 0 unspecified atom stereocenters. The molecule has 0 aliphatic carbocycles. The molecule has 0 heterocycles. The van der Waals surface area contributed by atoms with Crippen molar-refractivity contribution in [3.63, 3.8) is 0 Å². The fraction of sp³-hybridized carbons (Fsp3) is 0.333. The maximum Gasteiger partial charge on any atom is 0.530 e. The van der Waals surface area contributed by atoms with Gasteiger partial charge in [0.15, 0.2) is 0 Å². The molecule has 3 aromatic rings. The van der Waals surface area contributed by atoms with Gasteiger partial charge in [0.05, 0.1) is 7.11 Å². The highest BCUT2D eigenvalue weighted by Crippen LogP contribution is 2.46. The van der Waals surface area contributed by atoms with Gasteiger partial charge in [0, 0.05) is 5.56 Å². The standard InChI is InChI=1S/C27H33O4P/c1-7-20-9-13-22(14-10-20)29-32(30-23-15-11-21(8-2)12-16-23)31-26-18-17-24(28-6)19-25(26)27(3,4)5/h9-19H,7-8H2,1-6H3.